The number of carbonyl (C=O) groups excluding carboxylic acids is 2. The molecule has 0 unspecified atom stereocenters. The summed E-state index contributed by atoms with van der Waals surface area (Å²) in [7, 11) is 0. The molecule has 0 spiro atoms. The number of carbonyl (C=O) groups is 2. The van der Waals surface area contributed by atoms with Crippen molar-refractivity contribution in [2.45, 2.75) is 12.8 Å². The van der Waals surface area contributed by atoms with Gasteiger partial charge in [0.1, 0.15) is 12.8 Å². The van der Waals surface area contributed by atoms with E-state index in [0.717, 1.165) is 0 Å². The molecule has 146 valence electrons. The highest BCUT2D eigenvalue weighted by atomic mass is 16.7. The van der Waals surface area contributed by atoms with Crippen LogP contribution in [0.2, 0.25) is 0 Å². The zero-order valence-corrected chi connectivity index (χ0v) is 14.8. The Morgan fingerprint density at radius 3 is 2.82 bits per heavy atom. The smallest absolute Gasteiger partial charge is 0.429 e. The molecule has 28 heavy (non-hydrogen) atoms. The van der Waals surface area contributed by atoms with Crippen LogP contribution in [-0.4, -0.2) is 47.6 Å². The Morgan fingerprint density at radius 1 is 1.25 bits per heavy atom. The predicted octanol–water partition coefficient (Wildman–Crippen LogP) is 0.502. The van der Waals surface area contributed by atoms with Gasteiger partial charge in [-0.05, 0) is 17.7 Å². The van der Waals surface area contributed by atoms with Crippen LogP contribution in [-0.2, 0) is 16.1 Å². The molecule has 10 nitrogen and oxygen atoms in total. The summed E-state index contributed by atoms with van der Waals surface area (Å²) in [6.07, 6.45) is -0.0324. The van der Waals surface area contributed by atoms with Crippen molar-refractivity contribution in [3.63, 3.8) is 0 Å². The number of nitrogens with one attached hydrogen (secondary N) is 1. The molecule has 1 amide bonds. The first kappa shape index (κ1) is 17.9. The van der Waals surface area contributed by atoms with E-state index in [9.17, 15) is 14.4 Å². The maximum Gasteiger partial charge on any atom is 0.514 e. The number of benzene rings is 1. The minimum Gasteiger partial charge on any atom is -0.429 e. The van der Waals surface area contributed by atoms with Gasteiger partial charge in [-0.2, -0.15) is 0 Å². The number of morpholine rings is 1. The standard InChI is InChI=1S/C18H18N4O6/c19-12-3-1-11(2-4-12)9-27-18(25)28-16-13(23)5-6-22-15(16)17(24)21-7-8-26-10-14(21)20-22/h1-6,14,20H,7-10,19H2/t14-/m0/s1. The summed E-state index contributed by atoms with van der Waals surface area (Å²) in [6, 6.07) is 7.95. The lowest BCUT2D eigenvalue weighted by Crippen LogP contribution is -2.59. The van der Waals surface area contributed by atoms with Crippen molar-refractivity contribution in [3.05, 3.63) is 58.0 Å². The van der Waals surface area contributed by atoms with E-state index in [1.54, 1.807) is 24.3 Å². The number of nitrogens with zero attached hydrogens (tertiary/aromatic N) is 2. The molecule has 0 radical (unpaired) electrons. The molecule has 1 atom stereocenters. The summed E-state index contributed by atoms with van der Waals surface area (Å²) in [5.41, 5.74) is 9.28. The lowest BCUT2D eigenvalue weighted by atomic mass is 10.2. The zero-order chi connectivity index (χ0) is 19.7. The molecule has 10 heteroatoms. The first-order valence-electron chi connectivity index (χ1n) is 8.63. The van der Waals surface area contributed by atoms with Crippen molar-refractivity contribution in [2.75, 3.05) is 30.9 Å². The number of amides is 1. The van der Waals surface area contributed by atoms with Gasteiger partial charge in [0.15, 0.2) is 5.69 Å². The summed E-state index contributed by atoms with van der Waals surface area (Å²) >= 11 is 0. The second kappa shape index (κ2) is 7.24. The fraction of sp³-hybridized carbons (Fsp3) is 0.278. The van der Waals surface area contributed by atoms with Crippen LogP contribution in [0.1, 0.15) is 16.1 Å². The molecule has 3 N–H and O–H groups in total. The Morgan fingerprint density at radius 2 is 2.04 bits per heavy atom. The minimum absolute atomic E-state index is 0.0601. The maximum absolute atomic E-state index is 12.8. The quantitative estimate of drug-likeness (QED) is 0.577. The van der Waals surface area contributed by atoms with E-state index in [1.165, 1.54) is 21.8 Å². The van der Waals surface area contributed by atoms with E-state index in [1.807, 2.05) is 0 Å². The molecule has 1 aromatic heterocycles. The van der Waals surface area contributed by atoms with E-state index in [-0.39, 0.29) is 24.2 Å². The number of hydrogen-bond acceptors (Lipinski definition) is 8. The predicted molar refractivity (Wildman–Crippen MR) is 97.4 cm³/mol. The van der Waals surface area contributed by atoms with Gasteiger partial charge in [0.25, 0.3) is 5.91 Å². The third-order valence-corrected chi connectivity index (χ3v) is 4.46. The molecule has 0 aliphatic carbocycles. The minimum atomic E-state index is -1.08. The van der Waals surface area contributed by atoms with Crippen molar-refractivity contribution >= 4 is 17.7 Å². The zero-order valence-electron chi connectivity index (χ0n) is 14.8. The van der Waals surface area contributed by atoms with Crippen molar-refractivity contribution in [2.24, 2.45) is 0 Å². The van der Waals surface area contributed by atoms with Gasteiger partial charge in [0.05, 0.1) is 13.2 Å². The average molecular weight is 386 g/mol. The Bertz CT molecular complexity index is 971. The van der Waals surface area contributed by atoms with E-state index < -0.39 is 17.5 Å². The number of nitrogen functional groups attached to an aromatic ring is 1. The number of nitrogens with two attached hydrogens (primary N) is 1. The number of hydrogen-bond donors (Lipinski definition) is 2. The normalized spacial score (nSPS) is 17.9. The highest BCUT2D eigenvalue weighted by molar-refractivity contribution is 5.97. The van der Waals surface area contributed by atoms with Crippen molar-refractivity contribution in [1.29, 1.82) is 0 Å². The van der Waals surface area contributed by atoms with Crippen LogP contribution in [0.4, 0.5) is 10.5 Å². The molecule has 1 aromatic carbocycles. The molecule has 2 aliphatic heterocycles. The number of anilines is 1. The lowest BCUT2D eigenvalue weighted by molar-refractivity contribution is -0.00324. The highest BCUT2D eigenvalue weighted by Crippen LogP contribution is 2.23. The summed E-state index contributed by atoms with van der Waals surface area (Å²) in [6.45, 7) is 1.01. The van der Waals surface area contributed by atoms with E-state index >= 15 is 0 Å². The lowest BCUT2D eigenvalue weighted by Gasteiger charge is -2.41. The SMILES string of the molecule is Nc1ccc(COC(=O)Oc2c3n(ccc2=O)N[C@@H]2COCCN2C3=O)cc1. The second-order valence-corrected chi connectivity index (χ2v) is 6.33. The van der Waals surface area contributed by atoms with Crippen LogP contribution in [0.5, 0.6) is 5.75 Å². The van der Waals surface area contributed by atoms with Gasteiger partial charge in [0, 0.05) is 24.5 Å². The fourth-order valence-electron chi connectivity index (χ4n) is 3.04. The van der Waals surface area contributed by atoms with Crippen LogP contribution in [0, 0.1) is 0 Å². The van der Waals surface area contributed by atoms with Gasteiger partial charge in [-0.1, -0.05) is 12.1 Å². The molecular weight excluding hydrogens is 368 g/mol. The highest BCUT2D eigenvalue weighted by Gasteiger charge is 2.37. The van der Waals surface area contributed by atoms with Crippen LogP contribution < -0.4 is 21.3 Å². The second-order valence-electron chi connectivity index (χ2n) is 6.33. The van der Waals surface area contributed by atoms with Crippen LogP contribution in [0.25, 0.3) is 0 Å². The average Bonchev–Trinajstić information content (AvgIpc) is 2.70. The van der Waals surface area contributed by atoms with Gasteiger partial charge >= 0.3 is 6.16 Å². The number of aromatic nitrogens is 1. The summed E-state index contributed by atoms with van der Waals surface area (Å²) < 4.78 is 16.9. The van der Waals surface area contributed by atoms with E-state index in [4.69, 9.17) is 19.9 Å². The largest absolute Gasteiger partial charge is 0.514 e. The number of ether oxygens (including phenoxy) is 3. The summed E-state index contributed by atoms with van der Waals surface area (Å²) in [4.78, 5) is 38.7. The first-order chi connectivity index (χ1) is 13.5. The molecule has 0 bridgehead atoms. The molecule has 4 rings (SSSR count). The molecule has 1 saturated heterocycles. The molecule has 2 aliphatic rings. The summed E-state index contributed by atoms with van der Waals surface area (Å²) in [5, 5.41) is 0. The Kier molecular flexibility index (Phi) is 4.62. The van der Waals surface area contributed by atoms with E-state index in [0.29, 0.717) is 31.0 Å². The summed E-state index contributed by atoms with van der Waals surface area (Å²) in [5.74, 6) is -0.807. The number of rotatable bonds is 3. The first-order valence-corrected chi connectivity index (χ1v) is 8.63. The molecule has 2 aromatic rings. The van der Waals surface area contributed by atoms with Crippen molar-refractivity contribution in [1.82, 2.24) is 9.58 Å². The van der Waals surface area contributed by atoms with Crippen LogP contribution in [0.15, 0.2) is 41.3 Å². The maximum atomic E-state index is 12.8. The van der Waals surface area contributed by atoms with Gasteiger partial charge in [-0.15, -0.1) is 0 Å². The molecule has 3 heterocycles. The Hall–Kier alpha value is -3.53. The van der Waals surface area contributed by atoms with Gasteiger partial charge in [0.2, 0.25) is 11.2 Å². The van der Waals surface area contributed by atoms with Gasteiger partial charge in [-0.25, -0.2) is 4.79 Å². The number of pyridine rings is 1. The fourth-order valence-corrected chi connectivity index (χ4v) is 3.04. The molecular formula is C18H18N4O6. The van der Waals surface area contributed by atoms with Crippen molar-refractivity contribution < 1.29 is 23.8 Å². The van der Waals surface area contributed by atoms with Gasteiger partial charge in [-0.3, -0.25) is 14.3 Å². The van der Waals surface area contributed by atoms with E-state index in [2.05, 4.69) is 5.43 Å². The topological polar surface area (TPSA) is 125 Å². The number of fused-ring (bicyclic) bond motifs is 2. The third kappa shape index (κ3) is 3.37. The van der Waals surface area contributed by atoms with Crippen LogP contribution >= 0.6 is 0 Å². The van der Waals surface area contributed by atoms with Crippen LogP contribution in [0.3, 0.4) is 0 Å². The Labute approximate surface area is 159 Å². The molecule has 0 saturated carbocycles. The van der Waals surface area contributed by atoms with Gasteiger partial charge < -0.3 is 30.3 Å². The monoisotopic (exact) mass is 386 g/mol. The van der Waals surface area contributed by atoms with Crippen molar-refractivity contribution in [3.8, 4) is 5.75 Å². The Balaban J connectivity index is 1.53. The molecule has 1 fully saturated rings. The third-order valence-electron chi connectivity index (χ3n) is 4.46.